The third-order valence-electron chi connectivity index (χ3n) is 3.08. The van der Waals surface area contributed by atoms with E-state index in [1.807, 2.05) is 20.8 Å². The standard InChI is InChI=1S/C13H20N2O3/c1-13(2,3)18-12(17)15-11-5-4-9(8-16)6-10(11)7-14-15/h7,9,16H,4-6,8H2,1-3H3. The van der Waals surface area contributed by atoms with E-state index in [-0.39, 0.29) is 12.5 Å². The number of nitrogens with zero attached hydrogens (tertiary/aromatic N) is 2. The number of aliphatic hydroxyl groups is 1. The Morgan fingerprint density at radius 2 is 2.33 bits per heavy atom. The van der Waals surface area contributed by atoms with Crippen molar-refractivity contribution in [3.8, 4) is 0 Å². The quantitative estimate of drug-likeness (QED) is 0.827. The van der Waals surface area contributed by atoms with E-state index in [9.17, 15) is 4.79 Å². The molecule has 0 bridgehead atoms. The Balaban J connectivity index is 2.17. The molecule has 1 aromatic rings. The second-order valence-corrected chi connectivity index (χ2v) is 5.80. The highest BCUT2D eigenvalue weighted by Gasteiger charge is 2.26. The minimum atomic E-state index is -0.516. The molecule has 1 aliphatic carbocycles. The summed E-state index contributed by atoms with van der Waals surface area (Å²) in [4.78, 5) is 12.0. The van der Waals surface area contributed by atoms with Gasteiger partial charge in [-0.25, -0.2) is 4.79 Å². The van der Waals surface area contributed by atoms with Gasteiger partial charge in [0.05, 0.1) is 11.9 Å². The van der Waals surface area contributed by atoms with Gasteiger partial charge in [-0.2, -0.15) is 9.78 Å². The minimum absolute atomic E-state index is 0.192. The molecular formula is C13H20N2O3. The molecule has 5 nitrogen and oxygen atoms in total. The smallest absolute Gasteiger partial charge is 0.435 e. The molecule has 0 saturated carbocycles. The second kappa shape index (κ2) is 4.72. The van der Waals surface area contributed by atoms with Crippen molar-refractivity contribution in [1.29, 1.82) is 0 Å². The van der Waals surface area contributed by atoms with Crippen molar-refractivity contribution < 1.29 is 14.6 Å². The highest BCUT2D eigenvalue weighted by Crippen LogP contribution is 2.25. The third-order valence-corrected chi connectivity index (χ3v) is 3.08. The summed E-state index contributed by atoms with van der Waals surface area (Å²) in [7, 11) is 0. The van der Waals surface area contributed by atoms with Gasteiger partial charge in [-0.3, -0.25) is 0 Å². The molecule has 5 heteroatoms. The zero-order valence-electron chi connectivity index (χ0n) is 11.1. The van der Waals surface area contributed by atoms with Crippen LogP contribution in [0.15, 0.2) is 6.20 Å². The van der Waals surface area contributed by atoms with Gasteiger partial charge in [0, 0.05) is 6.61 Å². The first-order valence-electron chi connectivity index (χ1n) is 6.30. The lowest BCUT2D eigenvalue weighted by Crippen LogP contribution is -2.29. The lowest BCUT2D eigenvalue weighted by atomic mass is 9.88. The molecule has 0 amide bonds. The average molecular weight is 252 g/mol. The van der Waals surface area contributed by atoms with Gasteiger partial charge >= 0.3 is 6.09 Å². The highest BCUT2D eigenvalue weighted by molar-refractivity contribution is 5.71. The Labute approximate surface area is 107 Å². The van der Waals surface area contributed by atoms with Crippen LogP contribution in [0.3, 0.4) is 0 Å². The van der Waals surface area contributed by atoms with Gasteiger partial charge in [-0.05, 0) is 51.5 Å². The monoisotopic (exact) mass is 252 g/mol. The predicted molar refractivity (Wildman–Crippen MR) is 66.5 cm³/mol. The Morgan fingerprint density at radius 3 is 2.94 bits per heavy atom. The highest BCUT2D eigenvalue weighted by atomic mass is 16.6. The summed E-state index contributed by atoms with van der Waals surface area (Å²) < 4.78 is 6.67. The molecule has 1 atom stereocenters. The van der Waals surface area contributed by atoms with E-state index in [0.29, 0.717) is 0 Å². The van der Waals surface area contributed by atoms with Gasteiger partial charge in [0.1, 0.15) is 5.60 Å². The number of carbonyl (C=O) groups excluding carboxylic acids is 1. The number of fused-ring (bicyclic) bond motifs is 1. The van der Waals surface area contributed by atoms with Gasteiger partial charge in [-0.15, -0.1) is 0 Å². The van der Waals surface area contributed by atoms with Crippen molar-refractivity contribution >= 4 is 6.09 Å². The zero-order chi connectivity index (χ0) is 13.3. The largest absolute Gasteiger partial charge is 0.442 e. The van der Waals surface area contributed by atoms with E-state index in [4.69, 9.17) is 9.84 Å². The molecule has 1 aromatic heterocycles. The summed E-state index contributed by atoms with van der Waals surface area (Å²) in [6.45, 7) is 5.70. The Kier molecular flexibility index (Phi) is 3.43. The molecule has 1 N–H and O–H groups in total. The number of hydrogen-bond donors (Lipinski definition) is 1. The van der Waals surface area contributed by atoms with Crippen molar-refractivity contribution in [3.63, 3.8) is 0 Å². The Morgan fingerprint density at radius 1 is 1.61 bits per heavy atom. The van der Waals surface area contributed by atoms with Gasteiger partial charge in [-0.1, -0.05) is 0 Å². The maximum Gasteiger partial charge on any atom is 0.435 e. The second-order valence-electron chi connectivity index (χ2n) is 5.80. The normalized spacial score (nSPS) is 19.4. The van der Waals surface area contributed by atoms with Crippen LogP contribution in [-0.2, 0) is 17.6 Å². The van der Waals surface area contributed by atoms with Crippen LogP contribution < -0.4 is 0 Å². The van der Waals surface area contributed by atoms with Crippen LogP contribution in [0, 0.1) is 5.92 Å². The summed E-state index contributed by atoms with van der Waals surface area (Å²) >= 11 is 0. The number of carbonyl (C=O) groups is 1. The predicted octanol–water partition coefficient (Wildman–Crippen LogP) is 1.76. The van der Waals surface area contributed by atoms with Gasteiger partial charge in [0.15, 0.2) is 0 Å². The molecule has 0 aliphatic heterocycles. The van der Waals surface area contributed by atoms with Gasteiger partial charge in [0.2, 0.25) is 0 Å². The van der Waals surface area contributed by atoms with Gasteiger partial charge < -0.3 is 9.84 Å². The fourth-order valence-corrected chi connectivity index (χ4v) is 2.22. The molecule has 18 heavy (non-hydrogen) atoms. The molecule has 0 radical (unpaired) electrons. The number of aliphatic hydroxyl groups excluding tert-OH is 1. The van der Waals surface area contributed by atoms with E-state index >= 15 is 0 Å². The van der Waals surface area contributed by atoms with Crippen molar-refractivity contribution in [2.24, 2.45) is 5.92 Å². The van der Waals surface area contributed by atoms with Crippen LogP contribution in [0.25, 0.3) is 0 Å². The number of rotatable bonds is 1. The van der Waals surface area contributed by atoms with E-state index in [1.165, 1.54) is 4.68 Å². The maximum absolute atomic E-state index is 12.0. The van der Waals surface area contributed by atoms with E-state index in [0.717, 1.165) is 30.5 Å². The Hall–Kier alpha value is -1.36. The first-order chi connectivity index (χ1) is 8.40. The van der Waals surface area contributed by atoms with Crippen LogP contribution in [0.1, 0.15) is 38.4 Å². The summed E-state index contributed by atoms with van der Waals surface area (Å²) in [5.41, 5.74) is 1.46. The molecule has 100 valence electrons. The molecule has 1 aliphatic rings. The van der Waals surface area contributed by atoms with E-state index < -0.39 is 11.7 Å². The molecule has 2 rings (SSSR count). The molecule has 0 saturated heterocycles. The third kappa shape index (κ3) is 2.72. The summed E-state index contributed by atoms with van der Waals surface area (Å²) in [5.74, 6) is 0.286. The summed E-state index contributed by atoms with van der Waals surface area (Å²) in [6, 6.07) is 0. The lowest BCUT2D eigenvalue weighted by molar-refractivity contribution is 0.0508. The molecule has 0 spiro atoms. The molecule has 1 unspecified atom stereocenters. The lowest BCUT2D eigenvalue weighted by Gasteiger charge is -2.22. The Bertz CT molecular complexity index is 446. The average Bonchev–Trinajstić information content (AvgIpc) is 2.69. The number of aromatic nitrogens is 2. The maximum atomic E-state index is 12.0. The molecular weight excluding hydrogens is 232 g/mol. The first-order valence-corrected chi connectivity index (χ1v) is 6.30. The van der Waals surface area contributed by atoms with E-state index in [2.05, 4.69) is 5.10 Å². The van der Waals surface area contributed by atoms with Crippen molar-refractivity contribution in [1.82, 2.24) is 9.78 Å². The fraction of sp³-hybridized carbons (Fsp3) is 0.692. The van der Waals surface area contributed by atoms with Crippen LogP contribution >= 0.6 is 0 Å². The topological polar surface area (TPSA) is 64.4 Å². The summed E-state index contributed by atoms with van der Waals surface area (Å²) in [5, 5.41) is 13.3. The summed E-state index contributed by atoms with van der Waals surface area (Å²) in [6.07, 6.45) is 3.72. The zero-order valence-corrected chi connectivity index (χ0v) is 11.1. The van der Waals surface area contributed by atoms with E-state index in [1.54, 1.807) is 6.20 Å². The first kappa shape index (κ1) is 13.1. The molecule has 0 fully saturated rings. The number of hydrogen-bond acceptors (Lipinski definition) is 4. The minimum Gasteiger partial charge on any atom is -0.442 e. The van der Waals surface area contributed by atoms with Gasteiger partial charge in [0.25, 0.3) is 0 Å². The fourth-order valence-electron chi connectivity index (χ4n) is 2.22. The van der Waals surface area contributed by atoms with Crippen molar-refractivity contribution in [3.05, 3.63) is 17.5 Å². The molecule has 0 aromatic carbocycles. The molecule has 1 heterocycles. The SMILES string of the molecule is CC(C)(C)OC(=O)n1ncc2c1CCC(CO)C2. The van der Waals surface area contributed by atoms with Crippen LogP contribution in [0.2, 0.25) is 0 Å². The van der Waals surface area contributed by atoms with Crippen molar-refractivity contribution in [2.75, 3.05) is 6.61 Å². The van der Waals surface area contributed by atoms with Crippen LogP contribution in [-0.4, -0.2) is 33.2 Å². The van der Waals surface area contributed by atoms with Crippen LogP contribution in [0.4, 0.5) is 4.79 Å². The number of ether oxygens (including phenoxy) is 1. The van der Waals surface area contributed by atoms with Crippen LogP contribution in [0.5, 0.6) is 0 Å². The van der Waals surface area contributed by atoms with Crippen molar-refractivity contribution in [2.45, 2.75) is 45.6 Å².